The SMILES string of the molecule is FC(F)(F)c1ccc2nnc(-c3ccccc3)n2c1. The number of fused-ring (bicyclic) bond motifs is 1. The highest BCUT2D eigenvalue weighted by Gasteiger charge is 2.31. The van der Waals surface area contributed by atoms with E-state index in [0.29, 0.717) is 17.0 Å². The van der Waals surface area contributed by atoms with Crippen molar-refractivity contribution in [2.24, 2.45) is 0 Å². The third-order valence-corrected chi connectivity index (χ3v) is 2.76. The number of hydrogen-bond acceptors (Lipinski definition) is 2. The summed E-state index contributed by atoms with van der Waals surface area (Å²) in [6.07, 6.45) is -3.37. The minimum Gasteiger partial charge on any atom is -0.282 e. The normalized spacial score (nSPS) is 11.9. The lowest BCUT2D eigenvalue weighted by molar-refractivity contribution is -0.137. The van der Waals surface area contributed by atoms with Crippen LogP contribution in [-0.2, 0) is 6.18 Å². The summed E-state index contributed by atoms with van der Waals surface area (Å²) in [6.45, 7) is 0. The van der Waals surface area contributed by atoms with Crippen LogP contribution in [0.4, 0.5) is 13.2 Å². The Morgan fingerprint density at radius 1 is 0.895 bits per heavy atom. The Kier molecular flexibility index (Phi) is 2.51. The molecule has 0 bridgehead atoms. The smallest absolute Gasteiger partial charge is 0.282 e. The average molecular weight is 263 g/mol. The molecule has 2 aromatic heterocycles. The first-order chi connectivity index (χ1) is 9.05. The van der Waals surface area contributed by atoms with Crippen molar-refractivity contribution < 1.29 is 13.2 Å². The molecule has 0 radical (unpaired) electrons. The highest BCUT2D eigenvalue weighted by atomic mass is 19.4. The number of nitrogens with zero attached hydrogens (tertiary/aromatic N) is 3. The highest BCUT2D eigenvalue weighted by Crippen LogP contribution is 2.30. The van der Waals surface area contributed by atoms with E-state index in [0.717, 1.165) is 12.3 Å². The van der Waals surface area contributed by atoms with Crippen molar-refractivity contribution >= 4 is 5.65 Å². The topological polar surface area (TPSA) is 30.2 Å². The molecular weight excluding hydrogens is 255 g/mol. The standard InChI is InChI=1S/C13H8F3N3/c14-13(15,16)10-6-7-11-17-18-12(19(11)8-10)9-4-2-1-3-5-9/h1-8H. The van der Waals surface area contributed by atoms with Gasteiger partial charge >= 0.3 is 6.18 Å². The van der Waals surface area contributed by atoms with E-state index in [1.54, 1.807) is 24.3 Å². The molecular formula is C13H8F3N3. The van der Waals surface area contributed by atoms with Crippen LogP contribution in [0.5, 0.6) is 0 Å². The lowest BCUT2D eigenvalue weighted by Gasteiger charge is -2.07. The van der Waals surface area contributed by atoms with Crippen molar-refractivity contribution in [1.82, 2.24) is 14.6 Å². The molecule has 0 unspecified atom stereocenters. The molecule has 0 amide bonds. The number of benzene rings is 1. The number of aromatic nitrogens is 3. The van der Waals surface area contributed by atoms with E-state index in [1.807, 2.05) is 6.07 Å². The van der Waals surface area contributed by atoms with Gasteiger partial charge in [-0.25, -0.2) is 0 Å². The molecule has 1 aromatic carbocycles. The Bertz CT molecular complexity index is 717. The first-order valence-electron chi connectivity index (χ1n) is 5.53. The van der Waals surface area contributed by atoms with Gasteiger partial charge in [0.1, 0.15) is 0 Å². The largest absolute Gasteiger partial charge is 0.417 e. The molecule has 0 fully saturated rings. The van der Waals surface area contributed by atoms with Crippen LogP contribution in [0.1, 0.15) is 5.56 Å². The zero-order valence-electron chi connectivity index (χ0n) is 9.59. The molecule has 3 rings (SSSR count). The fourth-order valence-electron chi connectivity index (χ4n) is 1.84. The van der Waals surface area contributed by atoms with Gasteiger partial charge in [0, 0.05) is 11.8 Å². The molecule has 3 aromatic rings. The third kappa shape index (κ3) is 2.05. The van der Waals surface area contributed by atoms with E-state index < -0.39 is 11.7 Å². The summed E-state index contributed by atoms with van der Waals surface area (Å²) in [7, 11) is 0. The summed E-state index contributed by atoms with van der Waals surface area (Å²) in [5, 5.41) is 7.80. The van der Waals surface area contributed by atoms with Crippen LogP contribution in [0.25, 0.3) is 17.0 Å². The monoisotopic (exact) mass is 263 g/mol. The number of halogens is 3. The second-order valence-electron chi connectivity index (χ2n) is 4.03. The van der Waals surface area contributed by atoms with E-state index in [1.165, 1.54) is 10.5 Å². The van der Waals surface area contributed by atoms with E-state index in [2.05, 4.69) is 10.2 Å². The van der Waals surface area contributed by atoms with Gasteiger partial charge in [0.2, 0.25) is 0 Å². The summed E-state index contributed by atoms with van der Waals surface area (Å²) in [5.41, 5.74) is 0.373. The Morgan fingerprint density at radius 2 is 1.63 bits per heavy atom. The van der Waals surface area contributed by atoms with Gasteiger partial charge in [-0.1, -0.05) is 30.3 Å². The Morgan fingerprint density at radius 3 is 2.32 bits per heavy atom. The molecule has 0 aliphatic carbocycles. The van der Waals surface area contributed by atoms with Crippen LogP contribution >= 0.6 is 0 Å². The van der Waals surface area contributed by atoms with Crippen LogP contribution in [0, 0.1) is 0 Å². The zero-order chi connectivity index (χ0) is 13.5. The van der Waals surface area contributed by atoms with Crippen molar-refractivity contribution in [3.05, 3.63) is 54.2 Å². The Hall–Kier alpha value is -2.37. The molecule has 19 heavy (non-hydrogen) atoms. The molecule has 3 nitrogen and oxygen atoms in total. The maximum absolute atomic E-state index is 12.7. The van der Waals surface area contributed by atoms with Crippen LogP contribution in [0.3, 0.4) is 0 Å². The lowest BCUT2D eigenvalue weighted by Crippen LogP contribution is -2.06. The first-order valence-corrected chi connectivity index (χ1v) is 5.53. The van der Waals surface area contributed by atoms with Gasteiger partial charge in [0.25, 0.3) is 0 Å². The zero-order valence-corrected chi connectivity index (χ0v) is 9.59. The maximum atomic E-state index is 12.7. The van der Waals surface area contributed by atoms with Crippen LogP contribution in [0.15, 0.2) is 48.7 Å². The quantitative estimate of drug-likeness (QED) is 0.673. The van der Waals surface area contributed by atoms with Crippen molar-refractivity contribution in [2.75, 3.05) is 0 Å². The molecule has 2 heterocycles. The molecule has 0 saturated carbocycles. The van der Waals surface area contributed by atoms with Crippen molar-refractivity contribution in [2.45, 2.75) is 6.18 Å². The molecule has 0 spiro atoms. The molecule has 96 valence electrons. The second-order valence-corrected chi connectivity index (χ2v) is 4.03. The van der Waals surface area contributed by atoms with Gasteiger partial charge < -0.3 is 0 Å². The summed E-state index contributed by atoms with van der Waals surface area (Å²) >= 11 is 0. The van der Waals surface area contributed by atoms with Gasteiger partial charge in [-0.2, -0.15) is 13.2 Å². The van der Waals surface area contributed by atoms with Crippen LogP contribution in [0.2, 0.25) is 0 Å². The number of rotatable bonds is 1. The maximum Gasteiger partial charge on any atom is 0.417 e. The predicted molar refractivity (Wildman–Crippen MR) is 63.4 cm³/mol. The summed E-state index contributed by atoms with van der Waals surface area (Å²) < 4.78 is 39.5. The van der Waals surface area contributed by atoms with Crippen molar-refractivity contribution in [1.29, 1.82) is 0 Å². The van der Waals surface area contributed by atoms with E-state index in [9.17, 15) is 13.2 Å². The Balaban J connectivity index is 2.22. The summed E-state index contributed by atoms with van der Waals surface area (Å²) in [5.74, 6) is 0.390. The molecule has 0 atom stereocenters. The third-order valence-electron chi connectivity index (χ3n) is 2.76. The van der Waals surface area contributed by atoms with Crippen LogP contribution in [-0.4, -0.2) is 14.6 Å². The average Bonchev–Trinajstić information content (AvgIpc) is 2.81. The second kappa shape index (κ2) is 4.08. The predicted octanol–water partition coefficient (Wildman–Crippen LogP) is 3.42. The van der Waals surface area contributed by atoms with Gasteiger partial charge in [-0.05, 0) is 12.1 Å². The molecule has 0 saturated heterocycles. The van der Waals surface area contributed by atoms with Gasteiger partial charge in [-0.3, -0.25) is 4.40 Å². The molecule has 6 heteroatoms. The minimum atomic E-state index is -4.38. The fraction of sp³-hybridized carbons (Fsp3) is 0.0769. The van der Waals surface area contributed by atoms with Crippen molar-refractivity contribution in [3.63, 3.8) is 0 Å². The van der Waals surface area contributed by atoms with E-state index in [-0.39, 0.29) is 0 Å². The summed E-state index contributed by atoms with van der Waals surface area (Å²) in [6, 6.07) is 11.3. The van der Waals surface area contributed by atoms with Gasteiger partial charge in [0.15, 0.2) is 11.5 Å². The fourth-order valence-corrected chi connectivity index (χ4v) is 1.84. The highest BCUT2D eigenvalue weighted by molar-refractivity contribution is 5.59. The van der Waals surface area contributed by atoms with Gasteiger partial charge in [-0.15, -0.1) is 10.2 Å². The number of hydrogen-bond donors (Lipinski definition) is 0. The van der Waals surface area contributed by atoms with Gasteiger partial charge in [0.05, 0.1) is 5.56 Å². The number of pyridine rings is 1. The van der Waals surface area contributed by atoms with E-state index in [4.69, 9.17) is 0 Å². The minimum absolute atomic E-state index is 0.381. The van der Waals surface area contributed by atoms with Crippen LogP contribution < -0.4 is 0 Å². The Labute approximate surface area is 106 Å². The lowest BCUT2D eigenvalue weighted by atomic mass is 10.2. The summed E-state index contributed by atoms with van der Waals surface area (Å²) in [4.78, 5) is 0. The molecule has 0 aliphatic rings. The number of alkyl halides is 3. The molecule has 0 N–H and O–H groups in total. The van der Waals surface area contributed by atoms with E-state index >= 15 is 0 Å². The van der Waals surface area contributed by atoms with Crippen molar-refractivity contribution in [3.8, 4) is 11.4 Å². The molecule has 0 aliphatic heterocycles. The first kappa shape index (κ1) is 11.7.